The minimum absolute atomic E-state index is 0.190. The summed E-state index contributed by atoms with van der Waals surface area (Å²) >= 11 is 0. The smallest absolute Gasteiger partial charge is 0.421 e. The van der Waals surface area contributed by atoms with Gasteiger partial charge >= 0.3 is 5.95 Å². The highest BCUT2D eigenvalue weighted by atomic mass is 16.2. The number of anilines is 1. The van der Waals surface area contributed by atoms with Crippen LogP contribution in [0.1, 0.15) is 51.4 Å². The number of imidazole rings is 1. The zero-order valence-electron chi connectivity index (χ0n) is 21.7. The van der Waals surface area contributed by atoms with E-state index in [1.807, 2.05) is 61.4 Å². The molecule has 0 saturated heterocycles. The van der Waals surface area contributed by atoms with Crippen molar-refractivity contribution >= 4 is 31.2 Å². The molecular formula is C25H44B2N5O2+. The molecule has 0 atom stereocenters. The van der Waals surface area contributed by atoms with Crippen molar-refractivity contribution in [3.05, 3.63) is 36.7 Å². The largest absolute Gasteiger partial charge is 0.451 e. The van der Waals surface area contributed by atoms with E-state index in [0.717, 1.165) is 63.0 Å². The second-order valence-corrected chi connectivity index (χ2v) is 9.63. The highest BCUT2D eigenvalue weighted by molar-refractivity contribution is 6.48. The van der Waals surface area contributed by atoms with E-state index in [2.05, 4.69) is 27.3 Å². The molecule has 0 radical (unpaired) electrons. The Hall–Kier alpha value is -2.12. The minimum atomic E-state index is -0.190. The van der Waals surface area contributed by atoms with Crippen LogP contribution in [-0.4, -0.2) is 41.5 Å². The van der Waals surface area contributed by atoms with E-state index >= 15 is 0 Å². The summed E-state index contributed by atoms with van der Waals surface area (Å²) in [7, 11) is 3.92. The van der Waals surface area contributed by atoms with Gasteiger partial charge in [0.25, 0.3) is 13.8 Å². The molecule has 0 fully saturated rings. The highest BCUT2D eigenvalue weighted by Gasteiger charge is 2.11. The first-order chi connectivity index (χ1) is 16.4. The normalized spacial score (nSPS) is 11.4. The van der Waals surface area contributed by atoms with Crippen molar-refractivity contribution in [2.45, 2.75) is 77.7 Å². The maximum atomic E-state index is 9.44. The first-order valence-electron chi connectivity index (χ1n) is 13.0. The average Bonchev–Trinajstić information content (AvgIpc) is 3.12. The molecule has 2 rings (SSSR count). The summed E-state index contributed by atoms with van der Waals surface area (Å²) < 4.78 is 3.89. The van der Waals surface area contributed by atoms with Gasteiger partial charge in [0.05, 0.1) is 26.5 Å². The van der Waals surface area contributed by atoms with Gasteiger partial charge in [-0.2, -0.15) is 0 Å². The molecule has 0 aliphatic carbocycles. The lowest BCUT2D eigenvalue weighted by Gasteiger charge is -2.25. The first kappa shape index (κ1) is 28.1. The molecular weight excluding hydrogens is 424 g/mol. The molecule has 9 heteroatoms. The summed E-state index contributed by atoms with van der Waals surface area (Å²) in [4.78, 5) is 2.49. The van der Waals surface area contributed by atoms with Gasteiger partial charge in [-0.1, -0.05) is 57.3 Å². The van der Waals surface area contributed by atoms with Crippen LogP contribution in [0.2, 0.25) is 26.3 Å². The summed E-state index contributed by atoms with van der Waals surface area (Å²) in [5.41, 5.74) is 2.08. The molecule has 34 heavy (non-hydrogen) atoms. The van der Waals surface area contributed by atoms with E-state index < -0.39 is 0 Å². The molecule has 1 heterocycles. The van der Waals surface area contributed by atoms with Crippen molar-refractivity contribution in [1.82, 2.24) is 4.57 Å². The number of hydrogen-bond donors (Lipinski definition) is 2. The molecule has 0 aliphatic heterocycles. The first-order valence-corrected chi connectivity index (χ1v) is 13.0. The lowest BCUT2D eigenvalue weighted by atomic mass is 9.67. The second-order valence-electron chi connectivity index (χ2n) is 9.63. The van der Waals surface area contributed by atoms with Gasteiger partial charge in [-0.05, 0) is 49.7 Å². The van der Waals surface area contributed by atoms with Crippen LogP contribution in [0.3, 0.4) is 0 Å². The fraction of sp³-hybridized carbons (Fsp3) is 0.640. The van der Waals surface area contributed by atoms with Crippen LogP contribution >= 0.6 is 0 Å². The van der Waals surface area contributed by atoms with Crippen LogP contribution in [0.4, 0.5) is 17.3 Å². The molecule has 0 aliphatic rings. The zero-order chi connectivity index (χ0) is 24.8. The number of aryl methyl sites for hydroxylation is 2. The zero-order valence-corrected chi connectivity index (χ0v) is 21.7. The van der Waals surface area contributed by atoms with Crippen molar-refractivity contribution in [1.29, 1.82) is 0 Å². The third kappa shape index (κ3) is 10.9. The van der Waals surface area contributed by atoms with E-state index in [-0.39, 0.29) is 13.8 Å². The van der Waals surface area contributed by atoms with E-state index in [4.69, 9.17) is 0 Å². The molecule has 0 saturated carbocycles. The van der Waals surface area contributed by atoms with Gasteiger partial charge < -0.3 is 14.9 Å². The molecule has 7 nitrogen and oxygen atoms in total. The SMILES string of the molecule is CB(O)CCCCCCN(CCCCCCB(C)O)c1ccc(N=Nc2n(C)cc[n+]2C)cc1. The van der Waals surface area contributed by atoms with Crippen LogP contribution < -0.4 is 9.47 Å². The predicted molar refractivity (Wildman–Crippen MR) is 144 cm³/mol. The average molecular weight is 468 g/mol. The molecule has 1 aromatic carbocycles. The van der Waals surface area contributed by atoms with Crippen molar-refractivity contribution < 1.29 is 14.6 Å². The Kier molecular flexibility index (Phi) is 13.0. The maximum Gasteiger partial charge on any atom is 0.421 e. The Morgan fingerprint density at radius 3 is 1.82 bits per heavy atom. The predicted octanol–water partition coefficient (Wildman–Crippen LogP) is 5.42. The van der Waals surface area contributed by atoms with E-state index in [1.165, 1.54) is 31.4 Å². The van der Waals surface area contributed by atoms with Crippen LogP contribution in [-0.2, 0) is 14.1 Å². The molecule has 2 aromatic rings. The maximum absolute atomic E-state index is 9.44. The molecule has 2 N–H and O–H groups in total. The quantitative estimate of drug-likeness (QED) is 0.141. The Morgan fingerprint density at radius 2 is 1.35 bits per heavy atom. The highest BCUT2D eigenvalue weighted by Crippen LogP contribution is 2.23. The van der Waals surface area contributed by atoms with E-state index in [1.54, 1.807) is 0 Å². The van der Waals surface area contributed by atoms with Gasteiger partial charge in [0.1, 0.15) is 5.69 Å². The Balaban J connectivity index is 1.90. The molecule has 1 aromatic heterocycles. The molecule has 186 valence electrons. The molecule has 0 spiro atoms. The number of benzene rings is 1. The van der Waals surface area contributed by atoms with Gasteiger partial charge in [0.2, 0.25) is 0 Å². The van der Waals surface area contributed by atoms with Crippen LogP contribution in [0.25, 0.3) is 0 Å². The van der Waals surface area contributed by atoms with Crippen LogP contribution in [0.5, 0.6) is 0 Å². The van der Waals surface area contributed by atoms with Gasteiger partial charge in [-0.25, -0.2) is 9.13 Å². The van der Waals surface area contributed by atoms with Crippen molar-refractivity contribution in [2.24, 2.45) is 24.3 Å². The van der Waals surface area contributed by atoms with Crippen LogP contribution in [0, 0.1) is 0 Å². The lowest BCUT2D eigenvalue weighted by Crippen LogP contribution is -2.25. The van der Waals surface area contributed by atoms with Gasteiger partial charge in [0.15, 0.2) is 0 Å². The fourth-order valence-electron chi connectivity index (χ4n) is 4.12. The standard InChI is InChI=1S/C25H44B2N5O2/c1-26(33)17-9-5-7-11-19-32(20-12-8-6-10-18-27(2)34)24-15-13-23(14-16-24)28-29-25-30(3)21-22-31(25)4/h13-16,21-22,33-34H,5-12,17-20H2,1-4H3/q+1. The fourth-order valence-corrected chi connectivity index (χ4v) is 4.12. The Morgan fingerprint density at radius 1 is 0.824 bits per heavy atom. The summed E-state index contributed by atoms with van der Waals surface area (Å²) in [5, 5.41) is 27.7. The number of aromatic nitrogens is 2. The summed E-state index contributed by atoms with van der Waals surface area (Å²) in [6, 6.07) is 8.39. The van der Waals surface area contributed by atoms with Crippen LogP contribution in [0.15, 0.2) is 46.9 Å². The van der Waals surface area contributed by atoms with Crippen molar-refractivity contribution in [3.63, 3.8) is 0 Å². The Labute approximate surface area is 207 Å². The lowest BCUT2D eigenvalue weighted by molar-refractivity contribution is -0.657. The van der Waals surface area contributed by atoms with Crippen molar-refractivity contribution in [3.8, 4) is 0 Å². The summed E-state index contributed by atoms with van der Waals surface area (Å²) in [6.07, 6.45) is 15.0. The third-order valence-electron chi connectivity index (χ3n) is 6.21. The van der Waals surface area contributed by atoms with Crippen molar-refractivity contribution in [2.75, 3.05) is 18.0 Å². The number of azo groups is 1. The van der Waals surface area contributed by atoms with Gasteiger partial charge in [-0.3, -0.25) is 0 Å². The Bertz CT molecular complexity index is 801. The molecule has 0 unspecified atom stereocenters. The number of rotatable bonds is 17. The number of unbranched alkanes of at least 4 members (excludes halogenated alkanes) is 6. The van der Waals surface area contributed by atoms with E-state index in [0.29, 0.717) is 0 Å². The summed E-state index contributed by atoms with van der Waals surface area (Å²) in [6.45, 7) is 5.44. The van der Waals surface area contributed by atoms with Gasteiger partial charge in [-0.15, -0.1) is 0 Å². The summed E-state index contributed by atoms with van der Waals surface area (Å²) in [5.74, 6) is 0.803. The third-order valence-corrected chi connectivity index (χ3v) is 6.21. The number of hydrogen-bond acceptors (Lipinski definition) is 5. The minimum Gasteiger partial charge on any atom is -0.451 e. The monoisotopic (exact) mass is 468 g/mol. The second kappa shape index (κ2) is 15.7. The van der Waals surface area contributed by atoms with E-state index in [9.17, 15) is 10.0 Å². The van der Waals surface area contributed by atoms with Gasteiger partial charge in [0, 0.05) is 23.9 Å². The molecule has 0 amide bonds. The topological polar surface area (TPSA) is 77.2 Å². The molecule has 0 bridgehead atoms. The number of nitrogens with zero attached hydrogens (tertiary/aromatic N) is 5.